The van der Waals surface area contributed by atoms with Crippen LogP contribution < -0.4 is 15.8 Å². The summed E-state index contributed by atoms with van der Waals surface area (Å²) in [5.74, 6) is 0.447. The number of nitrogens with zero attached hydrogens (tertiary/aromatic N) is 2. The van der Waals surface area contributed by atoms with Gasteiger partial charge in [-0.1, -0.05) is 5.16 Å². The van der Waals surface area contributed by atoms with Gasteiger partial charge in [-0.15, -0.1) is 11.3 Å². The monoisotopic (exact) mass is 448 g/mol. The minimum Gasteiger partial charge on any atom is -0.497 e. The number of carbonyl (C=O) groups excluding carboxylic acids is 1. The lowest BCUT2D eigenvalue weighted by molar-refractivity contribution is -0.136. The number of amides is 1. The van der Waals surface area contributed by atoms with Crippen molar-refractivity contribution in [2.75, 3.05) is 18.2 Å². The summed E-state index contributed by atoms with van der Waals surface area (Å²) in [6.45, 7) is 1.64. The van der Waals surface area contributed by atoms with Gasteiger partial charge in [-0.2, -0.15) is 13.2 Å². The Labute approximate surface area is 177 Å². The highest BCUT2D eigenvalue weighted by Gasteiger charge is 2.36. The second-order valence-corrected chi connectivity index (χ2v) is 7.58. The number of alkyl halides is 3. The molecule has 0 aliphatic heterocycles. The van der Waals surface area contributed by atoms with Crippen molar-refractivity contribution in [2.24, 2.45) is 0 Å². The number of aryl methyl sites for hydroxylation is 1. The average molecular weight is 448 g/mol. The third-order valence-corrected chi connectivity index (χ3v) is 5.56. The number of hydrogen-bond donors (Lipinski definition) is 2. The second kappa shape index (κ2) is 7.58. The van der Waals surface area contributed by atoms with Gasteiger partial charge in [-0.25, -0.2) is 4.98 Å². The number of aromatic nitrogens is 2. The summed E-state index contributed by atoms with van der Waals surface area (Å²) in [6, 6.07) is 8.85. The van der Waals surface area contributed by atoms with Crippen molar-refractivity contribution >= 4 is 39.0 Å². The molecule has 7 nitrogen and oxygen atoms in total. The first-order valence-corrected chi connectivity index (χ1v) is 9.68. The Balaban J connectivity index is 1.84. The van der Waals surface area contributed by atoms with E-state index >= 15 is 0 Å². The zero-order chi connectivity index (χ0) is 22.3. The van der Waals surface area contributed by atoms with E-state index in [1.807, 2.05) is 0 Å². The van der Waals surface area contributed by atoms with Gasteiger partial charge in [0.15, 0.2) is 5.82 Å². The molecular formula is C20H15F3N4O3S. The van der Waals surface area contributed by atoms with Crippen LogP contribution in [-0.4, -0.2) is 23.2 Å². The number of hydrogen-bond acceptors (Lipinski definition) is 7. The van der Waals surface area contributed by atoms with E-state index in [0.29, 0.717) is 17.1 Å². The van der Waals surface area contributed by atoms with Gasteiger partial charge in [-0.05, 0) is 37.3 Å². The van der Waals surface area contributed by atoms with E-state index in [-0.39, 0.29) is 32.3 Å². The molecule has 0 spiro atoms. The summed E-state index contributed by atoms with van der Waals surface area (Å²) >= 11 is 0.774. The Morgan fingerprint density at radius 2 is 1.94 bits per heavy atom. The van der Waals surface area contributed by atoms with Gasteiger partial charge in [-0.3, -0.25) is 4.79 Å². The first kappa shape index (κ1) is 20.7. The van der Waals surface area contributed by atoms with Gasteiger partial charge >= 0.3 is 6.18 Å². The van der Waals surface area contributed by atoms with Gasteiger partial charge < -0.3 is 20.3 Å². The standard InChI is InChI=1S/C20H15F3N4O3S/c1-9-7-14(27-30-9)26-18(28)17-16(24)15-12(20(21,22)23)8-13(25-19(15)31-17)10-3-5-11(29-2)6-4-10/h3-8H,24H2,1-2H3,(H,26,27,28). The van der Waals surface area contributed by atoms with Crippen LogP contribution in [0.25, 0.3) is 21.5 Å². The van der Waals surface area contributed by atoms with Crippen LogP contribution in [0.15, 0.2) is 40.9 Å². The highest BCUT2D eigenvalue weighted by Crippen LogP contribution is 2.43. The topological polar surface area (TPSA) is 103 Å². The van der Waals surface area contributed by atoms with Crippen molar-refractivity contribution in [1.29, 1.82) is 0 Å². The maximum atomic E-state index is 13.9. The molecule has 0 bridgehead atoms. The number of carbonyl (C=O) groups is 1. The fraction of sp³-hybridized carbons (Fsp3) is 0.150. The smallest absolute Gasteiger partial charge is 0.417 e. The SMILES string of the molecule is COc1ccc(-c2cc(C(F)(F)F)c3c(N)c(C(=O)Nc4cc(C)on4)sc3n2)cc1. The fourth-order valence-corrected chi connectivity index (χ4v) is 4.04. The number of nitrogens with two attached hydrogens (primary N) is 1. The Hall–Kier alpha value is -3.60. The quantitative estimate of drug-likeness (QED) is 0.449. The van der Waals surface area contributed by atoms with Crippen LogP contribution >= 0.6 is 11.3 Å². The minimum atomic E-state index is -4.70. The molecule has 0 aliphatic carbocycles. The molecule has 0 saturated heterocycles. The van der Waals surface area contributed by atoms with Crippen molar-refractivity contribution < 1.29 is 27.2 Å². The summed E-state index contributed by atoms with van der Waals surface area (Å²) < 4.78 is 51.5. The highest BCUT2D eigenvalue weighted by molar-refractivity contribution is 7.21. The largest absolute Gasteiger partial charge is 0.497 e. The number of halogens is 3. The van der Waals surface area contributed by atoms with Crippen molar-refractivity contribution in [2.45, 2.75) is 13.1 Å². The maximum absolute atomic E-state index is 13.9. The van der Waals surface area contributed by atoms with Crippen LogP contribution in [0.1, 0.15) is 21.0 Å². The third-order valence-electron chi connectivity index (χ3n) is 4.47. The van der Waals surface area contributed by atoms with Crippen LogP contribution in [0.2, 0.25) is 0 Å². The van der Waals surface area contributed by atoms with Crippen molar-refractivity contribution in [3.63, 3.8) is 0 Å². The summed E-state index contributed by atoms with van der Waals surface area (Å²) in [5, 5.41) is 5.79. The number of anilines is 2. The number of rotatable bonds is 4. The number of fused-ring (bicyclic) bond motifs is 1. The van der Waals surface area contributed by atoms with Gasteiger partial charge in [0.1, 0.15) is 21.2 Å². The van der Waals surface area contributed by atoms with Gasteiger partial charge in [0.25, 0.3) is 5.91 Å². The maximum Gasteiger partial charge on any atom is 0.417 e. The number of benzene rings is 1. The third kappa shape index (κ3) is 3.91. The molecule has 0 fully saturated rings. The predicted octanol–water partition coefficient (Wildman–Crippen LogP) is 5.12. The van der Waals surface area contributed by atoms with Crippen LogP contribution in [0.4, 0.5) is 24.7 Å². The van der Waals surface area contributed by atoms with Crippen molar-refractivity contribution in [3.8, 4) is 17.0 Å². The molecule has 1 amide bonds. The molecule has 3 aromatic heterocycles. The van der Waals surface area contributed by atoms with E-state index in [1.54, 1.807) is 31.2 Å². The molecule has 3 heterocycles. The second-order valence-electron chi connectivity index (χ2n) is 6.58. The lowest BCUT2D eigenvalue weighted by Crippen LogP contribution is -2.12. The minimum absolute atomic E-state index is 0.000346. The first-order valence-electron chi connectivity index (χ1n) is 8.86. The highest BCUT2D eigenvalue weighted by atomic mass is 32.1. The molecule has 0 atom stereocenters. The van der Waals surface area contributed by atoms with E-state index in [2.05, 4.69) is 15.5 Å². The molecule has 0 radical (unpaired) electrons. The van der Waals surface area contributed by atoms with Crippen LogP contribution in [0.5, 0.6) is 5.75 Å². The van der Waals surface area contributed by atoms with E-state index < -0.39 is 17.6 Å². The number of ether oxygens (including phenoxy) is 1. The molecule has 0 saturated carbocycles. The Morgan fingerprint density at radius 1 is 1.23 bits per heavy atom. The van der Waals surface area contributed by atoms with E-state index in [4.69, 9.17) is 15.0 Å². The molecule has 4 aromatic rings. The molecule has 4 rings (SSSR count). The van der Waals surface area contributed by atoms with E-state index in [0.717, 1.165) is 17.4 Å². The number of pyridine rings is 1. The summed E-state index contributed by atoms with van der Waals surface area (Å²) in [4.78, 5) is 16.9. The zero-order valence-electron chi connectivity index (χ0n) is 16.2. The normalized spacial score (nSPS) is 11.6. The van der Waals surface area contributed by atoms with Crippen LogP contribution in [0.3, 0.4) is 0 Å². The molecule has 3 N–H and O–H groups in total. The van der Waals surface area contributed by atoms with Crippen molar-refractivity contribution in [3.05, 3.63) is 52.6 Å². The molecule has 11 heteroatoms. The Bertz CT molecular complexity index is 1280. The van der Waals surface area contributed by atoms with Gasteiger partial charge in [0, 0.05) is 17.0 Å². The zero-order valence-corrected chi connectivity index (χ0v) is 17.0. The molecule has 160 valence electrons. The molecular weight excluding hydrogens is 433 g/mol. The van der Waals surface area contributed by atoms with Crippen LogP contribution in [-0.2, 0) is 6.18 Å². The number of methoxy groups -OCH3 is 1. The first-order chi connectivity index (χ1) is 14.7. The number of nitrogens with one attached hydrogen (secondary N) is 1. The lowest BCUT2D eigenvalue weighted by Gasteiger charge is -2.11. The molecule has 0 aliphatic rings. The molecule has 31 heavy (non-hydrogen) atoms. The van der Waals surface area contributed by atoms with Crippen molar-refractivity contribution in [1.82, 2.24) is 10.1 Å². The number of nitrogen functional groups attached to an aromatic ring is 1. The molecule has 1 aromatic carbocycles. The van der Waals surface area contributed by atoms with Gasteiger partial charge in [0.05, 0.1) is 24.1 Å². The summed E-state index contributed by atoms with van der Waals surface area (Å²) in [6.07, 6.45) is -4.70. The summed E-state index contributed by atoms with van der Waals surface area (Å²) in [5.41, 5.74) is 5.28. The van der Waals surface area contributed by atoms with Crippen LogP contribution in [0, 0.1) is 6.92 Å². The fourth-order valence-electron chi connectivity index (χ4n) is 3.02. The summed E-state index contributed by atoms with van der Waals surface area (Å²) in [7, 11) is 1.49. The lowest BCUT2D eigenvalue weighted by atomic mass is 10.1. The van der Waals surface area contributed by atoms with E-state index in [9.17, 15) is 18.0 Å². The average Bonchev–Trinajstić information content (AvgIpc) is 3.29. The van der Waals surface area contributed by atoms with E-state index in [1.165, 1.54) is 13.2 Å². The predicted molar refractivity (Wildman–Crippen MR) is 110 cm³/mol. The Morgan fingerprint density at radius 3 is 2.52 bits per heavy atom. The van der Waals surface area contributed by atoms with Gasteiger partial charge in [0.2, 0.25) is 0 Å². The Kier molecular flexibility index (Phi) is 5.05. The molecule has 0 unspecified atom stereocenters. The number of thiophene rings is 1.